The second kappa shape index (κ2) is 9.43. The zero-order valence-electron chi connectivity index (χ0n) is 15.7. The van der Waals surface area contributed by atoms with Crippen LogP contribution in [0, 0.1) is 6.92 Å². The third-order valence-electron chi connectivity index (χ3n) is 4.56. The minimum Gasteiger partial charge on any atom is -0.351 e. The molecule has 0 saturated carbocycles. The summed E-state index contributed by atoms with van der Waals surface area (Å²) >= 11 is 5.03. The Morgan fingerprint density at radius 1 is 1.14 bits per heavy atom. The van der Waals surface area contributed by atoms with Crippen LogP contribution in [0.25, 0.3) is 0 Å². The van der Waals surface area contributed by atoms with Crippen molar-refractivity contribution >= 4 is 43.6 Å². The maximum absolute atomic E-state index is 12.7. The van der Waals surface area contributed by atoms with Crippen molar-refractivity contribution in [2.75, 3.05) is 25.4 Å². The predicted octanol–water partition coefficient (Wildman–Crippen LogP) is 4.06. The molecule has 0 atom stereocenters. The molecule has 0 radical (unpaired) electrons. The number of rotatable bonds is 7. The lowest BCUT2D eigenvalue weighted by atomic mass is 10.2. The first-order valence-electron chi connectivity index (χ1n) is 9.15. The van der Waals surface area contributed by atoms with Crippen LogP contribution in [-0.2, 0) is 10.0 Å². The Labute approximate surface area is 179 Å². The number of hydrogen-bond donors (Lipinski definition) is 1. The minimum absolute atomic E-state index is 0.164. The molecule has 0 aromatic heterocycles. The molecule has 1 aliphatic rings. The molecule has 8 heteroatoms. The smallest absolute Gasteiger partial charge is 0.252 e. The third kappa shape index (κ3) is 5.17. The lowest BCUT2D eigenvalue weighted by molar-refractivity contribution is 0.0955. The summed E-state index contributed by atoms with van der Waals surface area (Å²) in [5, 5.41) is 2.87. The molecule has 5 nitrogen and oxygen atoms in total. The average Bonchev–Trinajstić information content (AvgIpc) is 3.22. The van der Waals surface area contributed by atoms with E-state index < -0.39 is 10.0 Å². The molecule has 1 N–H and O–H groups in total. The Morgan fingerprint density at radius 2 is 1.82 bits per heavy atom. The highest BCUT2D eigenvalue weighted by Crippen LogP contribution is 2.25. The van der Waals surface area contributed by atoms with E-state index in [1.807, 2.05) is 6.92 Å². The van der Waals surface area contributed by atoms with Gasteiger partial charge in [0, 0.05) is 34.8 Å². The summed E-state index contributed by atoms with van der Waals surface area (Å²) in [6, 6.07) is 12.9. The number of carbonyl (C=O) groups is 1. The van der Waals surface area contributed by atoms with Crippen molar-refractivity contribution in [1.82, 2.24) is 9.62 Å². The number of nitrogens with zero attached hydrogens (tertiary/aromatic N) is 1. The number of nitrogens with one attached hydrogen (secondary N) is 1. The number of aryl methyl sites for hydroxylation is 1. The average molecular weight is 483 g/mol. The Bertz CT molecular complexity index is 940. The monoisotopic (exact) mass is 482 g/mol. The van der Waals surface area contributed by atoms with Gasteiger partial charge >= 0.3 is 0 Å². The fraction of sp³-hybridized carbons (Fsp3) is 0.350. The summed E-state index contributed by atoms with van der Waals surface area (Å²) in [4.78, 5) is 13.9. The van der Waals surface area contributed by atoms with Crippen LogP contribution in [0.3, 0.4) is 0 Å². The van der Waals surface area contributed by atoms with Crippen molar-refractivity contribution in [1.29, 1.82) is 0 Å². The molecular formula is C20H23BrN2O3S2. The second-order valence-electron chi connectivity index (χ2n) is 6.67. The van der Waals surface area contributed by atoms with E-state index in [-0.39, 0.29) is 10.8 Å². The molecule has 3 rings (SSSR count). The fourth-order valence-corrected chi connectivity index (χ4v) is 5.72. The van der Waals surface area contributed by atoms with Crippen LogP contribution >= 0.6 is 27.7 Å². The van der Waals surface area contributed by atoms with Gasteiger partial charge in [-0.3, -0.25) is 4.79 Å². The van der Waals surface area contributed by atoms with Crippen LogP contribution in [-0.4, -0.2) is 44.0 Å². The lowest BCUT2D eigenvalue weighted by Gasteiger charge is -2.16. The van der Waals surface area contributed by atoms with E-state index in [4.69, 9.17) is 0 Å². The molecule has 2 aromatic rings. The summed E-state index contributed by atoms with van der Waals surface area (Å²) in [6.07, 6.45) is 1.75. The molecule has 1 fully saturated rings. The number of carbonyl (C=O) groups excluding carboxylic acids is 1. The Kier molecular flexibility index (Phi) is 7.20. The Hall–Kier alpha value is -1.35. The molecule has 0 unspecified atom stereocenters. The van der Waals surface area contributed by atoms with Crippen molar-refractivity contribution in [3.63, 3.8) is 0 Å². The highest BCUT2D eigenvalue weighted by atomic mass is 79.9. The molecule has 0 spiro atoms. The van der Waals surface area contributed by atoms with Gasteiger partial charge < -0.3 is 5.32 Å². The Balaban J connectivity index is 1.62. The highest BCUT2D eigenvalue weighted by Gasteiger charge is 2.28. The fourth-order valence-electron chi connectivity index (χ4n) is 2.98. The zero-order chi connectivity index (χ0) is 20.1. The summed E-state index contributed by atoms with van der Waals surface area (Å²) in [5.74, 6) is 0.452. The van der Waals surface area contributed by atoms with Gasteiger partial charge in [-0.15, -0.1) is 11.8 Å². The van der Waals surface area contributed by atoms with Crippen LogP contribution in [0.5, 0.6) is 0 Å². The Morgan fingerprint density at radius 3 is 2.50 bits per heavy atom. The van der Waals surface area contributed by atoms with Gasteiger partial charge in [-0.2, -0.15) is 4.31 Å². The molecule has 1 heterocycles. The summed E-state index contributed by atoms with van der Waals surface area (Å²) in [7, 11) is -3.55. The van der Waals surface area contributed by atoms with Gasteiger partial charge in [0.05, 0.1) is 10.5 Å². The van der Waals surface area contributed by atoms with Gasteiger partial charge in [0.25, 0.3) is 5.91 Å². The normalized spacial score (nSPS) is 14.9. The van der Waals surface area contributed by atoms with Gasteiger partial charge in [0.15, 0.2) is 0 Å². The molecule has 0 bridgehead atoms. The topological polar surface area (TPSA) is 66.5 Å². The second-order valence-corrected chi connectivity index (χ2v) is 10.6. The van der Waals surface area contributed by atoms with Crippen molar-refractivity contribution < 1.29 is 13.2 Å². The first-order chi connectivity index (χ1) is 13.4. The number of thioether (sulfide) groups is 1. The quantitative estimate of drug-likeness (QED) is 0.477. The largest absolute Gasteiger partial charge is 0.351 e. The number of amides is 1. The number of hydrogen-bond acceptors (Lipinski definition) is 4. The van der Waals surface area contributed by atoms with Crippen molar-refractivity contribution in [3.05, 3.63) is 58.1 Å². The molecule has 1 amide bonds. The van der Waals surface area contributed by atoms with Crippen molar-refractivity contribution in [3.8, 4) is 0 Å². The zero-order valence-corrected chi connectivity index (χ0v) is 18.9. The first kappa shape index (κ1) is 21.4. The van der Waals surface area contributed by atoms with Crippen LogP contribution in [0.15, 0.2) is 56.7 Å². The van der Waals surface area contributed by atoms with Crippen LogP contribution in [0.1, 0.15) is 28.8 Å². The number of sulfonamides is 1. The van der Waals surface area contributed by atoms with Crippen molar-refractivity contribution in [2.24, 2.45) is 0 Å². The summed E-state index contributed by atoms with van der Waals surface area (Å²) in [6.45, 7) is 3.61. The summed E-state index contributed by atoms with van der Waals surface area (Å²) in [5.41, 5.74) is 1.55. The maximum Gasteiger partial charge on any atom is 0.252 e. The van der Waals surface area contributed by atoms with Gasteiger partial charge in [0.2, 0.25) is 10.0 Å². The van der Waals surface area contributed by atoms with Gasteiger partial charge in [0.1, 0.15) is 0 Å². The van der Waals surface area contributed by atoms with Crippen LogP contribution in [0.2, 0.25) is 0 Å². The van der Waals surface area contributed by atoms with Crippen LogP contribution in [0.4, 0.5) is 0 Å². The predicted molar refractivity (Wildman–Crippen MR) is 116 cm³/mol. The molecule has 0 aliphatic carbocycles. The molecule has 150 valence electrons. The third-order valence-corrected chi connectivity index (χ3v) is 8.16. The molecular weight excluding hydrogens is 460 g/mol. The molecule has 2 aromatic carbocycles. The highest BCUT2D eigenvalue weighted by molar-refractivity contribution is 9.10. The molecule has 28 heavy (non-hydrogen) atoms. The SMILES string of the molecule is Cc1ccc(SCCNC(=O)c2cc(S(=O)(=O)N3CCCC3)ccc2Br)cc1. The van der Waals surface area contributed by atoms with Gasteiger partial charge in [-0.1, -0.05) is 17.7 Å². The minimum atomic E-state index is -3.55. The van der Waals surface area contributed by atoms with Crippen LogP contribution < -0.4 is 5.32 Å². The number of benzene rings is 2. The maximum atomic E-state index is 12.7. The standard InChI is InChI=1S/C20H23BrN2O3S2/c1-15-4-6-16(7-5-15)27-13-10-22-20(24)18-14-17(8-9-19(18)21)28(25,26)23-11-2-3-12-23/h4-9,14H,2-3,10-13H2,1H3,(H,22,24). The van der Waals surface area contributed by atoms with Gasteiger partial charge in [-0.05, 0) is 66.0 Å². The first-order valence-corrected chi connectivity index (χ1v) is 12.4. The van der Waals surface area contributed by atoms with E-state index in [1.54, 1.807) is 23.9 Å². The van der Waals surface area contributed by atoms with E-state index in [2.05, 4.69) is 45.5 Å². The molecule has 1 saturated heterocycles. The van der Waals surface area contributed by atoms with E-state index >= 15 is 0 Å². The summed E-state index contributed by atoms with van der Waals surface area (Å²) < 4.78 is 27.5. The van der Waals surface area contributed by atoms with Crippen molar-refractivity contribution in [2.45, 2.75) is 29.6 Å². The van der Waals surface area contributed by atoms with E-state index in [1.165, 1.54) is 15.9 Å². The lowest BCUT2D eigenvalue weighted by Crippen LogP contribution is -2.29. The number of halogens is 1. The molecule has 1 aliphatic heterocycles. The van der Waals surface area contributed by atoms with Gasteiger partial charge in [-0.25, -0.2) is 8.42 Å². The van der Waals surface area contributed by atoms with E-state index in [0.717, 1.165) is 23.5 Å². The van der Waals surface area contributed by atoms with E-state index in [0.29, 0.717) is 29.7 Å². The van der Waals surface area contributed by atoms with E-state index in [9.17, 15) is 13.2 Å².